The van der Waals surface area contributed by atoms with Gasteiger partial charge in [-0.1, -0.05) is 45.0 Å². The average molecular weight is 276 g/mol. The Morgan fingerprint density at radius 1 is 1.45 bits per heavy atom. The van der Waals surface area contributed by atoms with Crippen molar-refractivity contribution in [2.45, 2.75) is 39.3 Å². The van der Waals surface area contributed by atoms with Crippen LogP contribution in [0.4, 0.5) is 0 Å². The minimum absolute atomic E-state index is 0.0623. The zero-order chi connectivity index (χ0) is 14.8. The van der Waals surface area contributed by atoms with Gasteiger partial charge in [-0.05, 0) is 23.0 Å². The zero-order valence-corrected chi connectivity index (χ0v) is 12.5. The quantitative estimate of drug-likeness (QED) is 0.884. The van der Waals surface area contributed by atoms with Crippen LogP contribution in [0.25, 0.3) is 0 Å². The molecule has 1 heterocycles. The van der Waals surface area contributed by atoms with Gasteiger partial charge in [-0.2, -0.15) is 0 Å². The number of nitrogens with two attached hydrogens (primary N) is 1. The molecule has 0 radical (unpaired) electrons. The fraction of sp³-hybridized carbons (Fsp3) is 0.562. The maximum atomic E-state index is 12.5. The van der Waals surface area contributed by atoms with Crippen LogP contribution in [0.1, 0.15) is 38.0 Å². The lowest BCUT2D eigenvalue weighted by Gasteiger charge is -2.33. The maximum absolute atomic E-state index is 12.5. The van der Waals surface area contributed by atoms with E-state index in [1.165, 1.54) is 5.56 Å². The minimum Gasteiger partial charge on any atom is -0.363 e. The Balaban J connectivity index is 2.15. The fourth-order valence-corrected chi connectivity index (χ4v) is 2.49. The van der Waals surface area contributed by atoms with Gasteiger partial charge in [0.05, 0.1) is 6.61 Å². The molecule has 1 aliphatic rings. The predicted octanol–water partition coefficient (Wildman–Crippen LogP) is 1.79. The third-order valence-electron chi connectivity index (χ3n) is 3.83. The summed E-state index contributed by atoms with van der Waals surface area (Å²) in [6, 6.07) is 7.90. The normalized spacial score (nSPS) is 20.1. The van der Waals surface area contributed by atoms with E-state index in [0.29, 0.717) is 13.2 Å². The molecule has 1 amide bonds. The van der Waals surface area contributed by atoms with E-state index >= 15 is 0 Å². The Bertz CT molecular complexity index is 480. The number of ether oxygens (including phenoxy) is 1. The van der Waals surface area contributed by atoms with Gasteiger partial charge in [-0.3, -0.25) is 4.79 Å². The number of carbonyl (C=O) groups is 1. The lowest BCUT2D eigenvalue weighted by molar-refractivity contribution is -0.135. The lowest BCUT2D eigenvalue weighted by Crippen LogP contribution is -2.50. The van der Waals surface area contributed by atoms with Crippen molar-refractivity contribution in [3.63, 3.8) is 0 Å². The molecule has 1 aromatic rings. The highest BCUT2D eigenvalue weighted by Gasteiger charge is 2.31. The molecular weight excluding hydrogens is 252 g/mol. The van der Waals surface area contributed by atoms with Crippen molar-refractivity contribution in [2.24, 2.45) is 11.1 Å². The monoisotopic (exact) mass is 276 g/mol. The number of nitrogens with one attached hydrogen (secondary N) is 1. The topological polar surface area (TPSA) is 64.3 Å². The van der Waals surface area contributed by atoms with E-state index < -0.39 is 6.10 Å². The summed E-state index contributed by atoms with van der Waals surface area (Å²) in [4.78, 5) is 12.5. The molecule has 0 aromatic heterocycles. The van der Waals surface area contributed by atoms with E-state index in [1.807, 2.05) is 18.2 Å². The molecular formula is C16H24N2O2. The van der Waals surface area contributed by atoms with Crippen LogP contribution in [0.3, 0.4) is 0 Å². The molecule has 4 heteroatoms. The van der Waals surface area contributed by atoms with E-state index in [2.05, 4.69) is 32.2 Å². The summed E-state index contributed by atoms with van der Waals surface area (Å²) in [7, 11) is 0. The van der Waals surface area contributed by atoms with Crippen molar-refractivity contribution < 1.29 is 9.53 Å². The molecule has 0 saturated heterocycles. The predicted molar refractivity (Wildman–Crippen MR) is 79.3 cm³/mol. The molecule has 2 rings (SSSR count). The van der Waals surface area contributed by atoms with Gasteiger partial charge in [0, 0.05) is 12.6 Å². The molecule has 2 unspecified atom stereocenters. The van der Waals surface area contributed by atoms with Crippen molar-refractivity contribution in [3.8, 4) is 0 Å². The zero-order valence-electron chi connectivity index (χ0n) is 12.5. The lowest BCUT2D eigenvalue weighted by atomic mass is 9.86. The number of fused-ring (bicyclic) bond motifs is 1. The largest absolute Gasteiger partial charge is 0.363 e. The van der Waals surface area contributed by atoms with Crippen molar-refractivity contribution in [1.82, 2.24) is 5.32 Å². The van der Waals surface area contributed by atoms with Crippen LogP contribution < -0.4 is 11.1 Å². The third-order valence-corrected chi connectivity index (χ3v) is 3.83. The summed E-state index contributed by atoms with van der Waals surface area (Å²) in [5, 5.41) is 3.03. The van der Waals surface area contributed by atoms with Crippen LogP contribution >= 0.6 is 0 Å². The Labute approximate surface area is 120 Å². The highest BCUT2D eigenvalue weighted by molar-refractivity contribution is 5.83. The molecule has 1 aliphatic heterocycles. The molecule has 4 nitrogen and oxygen atoms in total. The van der Waals surface area contributed by atoms with Gasteiger partial charge >= 0.3 is 0 Å². The van der Waals surface area contributed by atoms with E-state index in [4.69, 9.17) is 10.5 Å². The van der Waals surface area contributed by atoms with Crippen molar-refractivity contribution in [3.05, 3.63) is 35.4 Å². The van der Waals surface area contributed by atoms with Crippen LogP contribution in [0, 0.1) is 5.41 Å². The van der Waals surface area contributed by atoms with Gasteiger partial charge in [0.25, 0.3) is 5.91 Å². The maximum Gasteiger partial charge on any atom is 0.254 e. The Kier molecular flexibility index (Phi) is 4.45. The molecule has 110 valence electrons. The third kappa shape index (κ3) is 3.19. The number of rotatable bonds is 3. The van der Waals surface area contributed by atoms with Crippen molar-refractivity contribution >= 4 is 5.91 Å². The first-order valence-corrected chi connectivity index (χ1v) is 7.13. The average Bonchev–Trinajstić information content (AvgIpc) is 2.42. The second-order valence-electron chi connectivity index (χ2n) is 6.36. The molecule has 1 aromatic carbocycles. The molecule has 3 N–H and O–H groups in total. The summed E-state index contributed by atoms with van der Waals surface area (Å²) < 4.78 is 5.67. The number of hydrogen-bond acceptors (Lipinski definition) is 3. The first-order valence-electron chi connectivity index (χ1n) is 7.13. The smallest absolute Gasteiger partial charge is 0.254 e. The Morgan fingerprint density at radius 2 is 2.15 bits per heavy atom. The second-order valence-corrected chi connectivity index (χ2v) is 6.36. The Morgan fingerprint density at radius 3 is 2.80 bits per heavy atom. The van der Waals surface area contributed by atoms with Gasteiger partial charge in [0.1, 0.15) is 0 Å². The van der Waals surface area contributed by atoms with Crippen LogP contribution in [-0.2, 0) is 16.0 Å². The van der Waals surface area contributed by atoms with Gasteiger partial charge in [0.2, 0.25) is 0 Å². The second kappa shape index (κ2) is 5.94. The first kappa shape index (κ1) is 15.0. The summed E-state index contributed by atoms with van der Waals surface area (Å²) >= 11 is 0. The summed E-state index contributed by atoms with van der Waals surface area (Å²) in [6.45, 7) is 7.21. The molecule has 2 atom stereocenters. The van der Waals surface area contributed by atoms with E-state index in [0.717, 1.165) is 12.0 Å². The van der Waals surface area contributed by atoms with Gasteiger partial charge in [0.15, 0.2) is 6.10 Å². The molecule has 0 spiro atoms. The molecule has 20 heavy (non-hydrogen) atoms. The molecule has 0 saturated carbocycles. The number of carbonyl (C=O) groups excluding carboxylic acids is 1. The van der Waals surface area contributed by atoms with E-state index in [-0.39, 0.29) is 17.4 Å². The summed E-state index contributed by atoms with van der Waals surface area (Å²) in [5.74, 6) is -0.0949. The number of amides is 1. The minimum atomic E-state index is -0.517. The van der Waals surface area contributed by atoms with Gasteiger partial charge in [-0.25, -0.2) is 0 Å². The first-order chi connectivity index (χ1) is 9.43. The SMILES string of the molecule is CC(C)(C)C(CN)NC(=O)C1OCCc2ccccc21. The Hall–Kier alpha value is -1.39. The van der Waals surface area contributed by atoms with Crippen LogP contribution in [0.2, 0.25) is 0 Å². The van der Waals surface area contributed by atoms with Gasteiger partial charge < -0.3 is 15.8 Å². The molecule has 0 bridgehead atoms. The molecule has 0 fully saturated rings. The van der Waals surface area contributed by atoms with E-state index in [1.54, 1.807) is 0 Å². The number of hydrogen-bond donors (Lipinski definition) is 2. The van der Waals surface area contributed by atoms with Crippen LogP contribution in [-0.4, -0.2) is 25.1 Å². The summed E-state index contributed by atoms with van der Waals surface area (Å²) in [6.07, 6.45) is 0.343. The highest BCUT2D eigenvalue weighted by Crippen LogP contribution is 2.28. The standard InChI is InChI=1S/C16H24N2O2/c1-16(2,3)13(10-17)18-15(19)14-12-7-5-4-6-11(12)8-9-20-14/h4-7,13-14H,8-10,17H2,1-3H3,(H,18,19). The van der Waals surface area contributed by atoms with E-state index in [9.17, 15) is 4.79 Å². The van der Waals surface area contributed by atoms with Crippen molar-refractivity contribution in [1.29, 1.82) is 0 Å². The van der Waals surface area contributed by atoms with Crippen LogP contribution in [0.15, 0.2) is 24.3 Å². The number of benzene rings is 1. The molecule has 0 aliphatic carbocycles. The van der Waals surface area contributed by atoms with Crippen molar-refractivity contribution in [2.75, 3.05) is 13.2 Å². The fourth-order valence-electron chi connectivity index (χ4n) is 2.49. The van der Waals surface area contributed by atoms with Gasteiger partial charge in [-0.15, -0.1) is 0 Å². The summed E-state index contributed by atoms with van der Waals surface area (Å²) in [5.41, 5.74) is 7.87. The van der Waals surface area contributed by atoms with Crippen LogP contribution in [0.5, 0.6) is 0 Å². The highest BCUT2D eigenvalue weighted by atomic mass is 16.5.